The van der Waals surface area contributed by atoms with Crippen LogP contribution in [0.1, 0.15) is 92.9 Å². The van der Waals surface area contributed by atoms with Crippen molar-refractivity contribution in [2.24, 2.45) is 10.8 Å². The van der Waals surface area contributed by atoms with Crippen molar-refractivity contribution in [1.82, 2.24) is 0 Å². The molecule has 0 bridgehead atoms. The van der Waals surface area contributed by atoms with Gasteiger partial charge in [-0.05, 0) is 36.5 Å². The van der Waals surface area contributed by atoms with Gasteiger partial charge >= 0.3 is 0 Å². The second-order valence-electron chi connectivity index (χ2n) is 8.48. The fraction of sp³-hybridized carbons (Fsp3) is 1.00. The Bertz CT molecular complexity index is 288. The van der Waals surface area contributed by atoms with Crippen molar-refractivity contribution in [3.05, 3.63) is 0 Å². The molecule has 0 spiro atoms. The first kappa shape index (κ1) is 19.0. The minimum absolute atomic E-state index is 0.243. The second-order valence-corrected chi connectivity index (χ2v) is 8.48. The molecule has 1 fully saturated rings. The first-order chi connectivity index (χ1) is 9.74. The molecule has 0 unspecified atom stereocenters. The summed E-state index contributed by atoms with van der Waals surface area (Å²) in [7, 11) is 0. The van der Waals surface area contributed by atoms with Gasteiger partial charge in [0, 0.05) is 12.8 Å². The lowest BCUT2D eigenvalue weighted by Crippen LogP contribution is -2.42. The zero-order valence-corrected chi connectivity index (χ0v) is 15.4. The Morgan fingerprint density at radius 3 is 1.81 bits per heavy atom. The highest BCUT2D eigenvalue weighted by Gasteiger charge is 2.37. The molecule has 2 heteroatoms. The van der Waals surface area contributed by atoms with Crippen LogP contribution in [0.25, 0.3) is 0 Å². The van der Waals surface area contributed by atoms with Gasteiger partial charge in [0.15, 0.2) is 5.79 Å². The Balaban J connectivity index is 2.61. The van der Waals surface area contributed by atoms with Gasteiger partial charge in [-0.3, -0.25) is 0 Å². The molecule has 0 amide bonds. The third kappa shape index (κ3) is 6.69. The fourth-order valence-corrected chi connectivity index (χ4v) is 2.93. The number of ether oxygens (including phenoxy) is 2. The van der Waals surface area contributed by atoms with E-state index in [-0.39, 0.29) is 16.6 Å². The van der Waals surface area contributed by atoms with Gasteiger partial charge in [-0.1, -0.05) is 54.4 Å². The molecule has 0 aromatic heterocycles. The van der Waals surface area contributed by atoms with E-state index < -0.39 is 0 Å². The average molecular weight is 299 g/mol. The SMILES string of the molecule is CCCC(C)(C)COC1(OCC(C)(C)CC)CCCCC1. The van der Waals surface area contributed by atoms with Crippen LogP contribution in [-0.2, 0) is 9.47 Å². The molecular weight excluding hydrogens is 260 g/mol. The Labute approximate surface area is 133 Å². The van der Waals surface area contributed by atoms with E-state index in [4.69, 9.17) is 9.47 Å². The molecule has 0 aromatic carbocycles. The van der Waals surface area contributed by atoms with Gasteiger partial charge in [-0.15, -0.1) is 0 Å². The largest absolute Gasteiger partial charge is 0.349 e. The zero-order valence-electron chi connectivity index (χ0n) is 15.4. The van der Waals surface area contributed by atoms with Crippen LogP contribution in [0.3, 0.4) is 0 Å². The summed E-state index contributed by atoms with van der Waals surface area (Å²) >= 11 is 0. The predicted molar refractivity (Wildman–Crippen MR) is 90.5 cm³/mol. The lowest BCUT2D eigenvalue weighted by Gasteiger charge is -2.41. The van der Waals surface area contributed by atoms with Crippen molar-refractivity contribution in [2.45, 2.75) is 98.7 Å². The minimum atomic E-state index is -0.310. The Morgan fingerprint density at radius 2 is 1.33 bits per heavy atom. The van der Waals surface area contributed by atoms with Crippen molar-refractivity contribution in [3.63, 3.8) is 0 Å². The van der Waals surface area contributed by atoms with E-state index in [2.05, 4.69) is 41.5 Å². The molecule has 1 rings (SSSR count). The lowest BCUT2D eigenvalue weighted by atomic mass is 9.88. The molecule has 0 heterocycles. The number of rotatable bonds is 9. The summed E-state index contributed by atoms with van der Waals surface area (Å²) in [4.78, 5) is 0. The van der Waals surface area contributed by atoms with Crippen LogP contribution in [0.2, 0.25) is 0 Å². The van der Waals surface area contributed by atoms with Crippen LogP contribution in [-0.4, -0.2) is 19.0 Å². The molecule has 126 valence electrons. The van der Waals surface area contributed by atoms with Crippen molar-refractivity contribution >= 4 is 0 Å². The van der Waals surface area contributed by atoms with Gasteiger partial charge in [-0.2, -0.15) is 0 Å². The maximum absolute atomic E-state index is 6.41. The van der Waals surface area contributed by atoms with Crippen molar-refractivity contribution in [3.8, 4) is 0 Å². The summed E-state index contributed by atoms with van der Waals surface area (Å²) in [6, 6.07) is 0. The van der Waals surface area contributed by atoms with E-state index in [1.807, 2.05) is 0 Å². The summed E-state index contributed by atoms with van der Waals surface area (Å²) in [6.45, 7) is 15.3. The highest BCUT2D eigenvalue weighted by molar-refractivity contribution is 4.79. The van der Waals surface area contributed by atoms with Crippen molar-refractivity contribution < 1.29 is 9.47 Å². The maximum atomic E-state index is 6.41. The monoisotopic (exact) mass is 298 g/mol. The van der Waals surface area contributed by atoms with Crippen LogP contribution in [0.4, 0.5) is 0 Å². The van der Waals surface area contributed by atoms with E-state index in [9.17, 15) is 0 Å². The van der Waals surface area contributed by atoms with E-state index in [0.29, 0.717) is 0 Å². The first-order valence-electron chi connectivity index (χ1n) is 9.02. The first-order valence-corrected chi connectivity index (χ1v) is 9.02. The maximum Gasteiger partial charge on any atom is 0.168 e. The molecule has 1 saturated carbocycles. The van der Waals surface area contributed by atoms with Gasteiger partial charge in [-0.25, -0.2) is 0 Å². The molecular formula is C19H38O2. The fourth-order valence-electron chi connectivity index (χ4n) is 2.93. The Kier molecular flexibility index (Phi) is 7.19. The standard InChI is InChI=1S/C19H38O2/c1-7-12-18(5,6)16-21-19(13-10-9-11-14-19)20-15-17(3,4)8-2/h7-16H2,1-6H3. The van der Waals surface area contributed by atoms with Gasteiger partial charge in [0.2, 0.25) is 0 Å². The third-order valence-electron chi connectivity index (χ3n) is 4.95. The predicted octanol–water partition coefficient (Wildman–Crippen LogP) is 5.94. The second kappa shape index (κ2) is 7.97. The van der Waals surface area contributed by atoms with Gasteiger partial charge in [0.25, 0.3) is 0 Å². The topological polar surface area (TPSA) is 18.5 Å². The summed E-state index contributed by atoms with van der Waals surface area (Å²) < 4.78 is 12.8. The minimum Gasteiger partial charge on any atom is -0.349 e. The third-order valence-corrected chi connectivity index (χ3v) is 4.95. The molecule has 0 radical (unpaired) electrons. The molecule has 0 saturated heterocycles. The summed E-state index contributed by atoms with van der Waals surface area (Å²) in [5.41, 5.74) is 0.496. The van der Waals surface area contributed by atoms with Gasteiger partial charge < -0.3 is 9.47 Å². The molecule has 2 nitrogen and oxygen atoms in total. The van der Waals surface area contributed by atoms with Crippen LogP contribution in [0, 0.1) is 10.8 Å². The lowest BCUT2D eigenvalue weighted by molar-refractivity contribution is -0.272. The number of hydrogen-bond acceptors (Lipinski definition) is 2. The smallest absolute Gasteiger partial charge is 0.168 e. The molecule has 0 aliphatic heterocycles. The molecule has 0 atom stereocenters. The van der Waals surface area contributed by atoms with E-state index >= 15 is 0 Å². The highest BCUT2D eigenvalue weighted by Crippen LogP contribution is 2.37. The van der Waals surface area contributed by atoms with Gasteiger partial charge in [0.1, 0.15) is 0 Å². The normalized spacial score (nSPS) is 19.7. The molecule has 0 N–H and O–H groups in total. The quantitative estimate of drug-likeness (QED) is 0.490. The van der Waals surface area contributed by atoms with E-state index in [0.717, 1.165) is 32.5 Å². The molecule has 21 heavy (non-hydrogen) atoms. The van der Waals surface area contributed by atoms with E-state index in [1.165, 1.54) is 32.1 Å². The Hall–Kier alpha value is -0.0800. The Morgan fingerprint density at radius 1 is 0.810 bits per heavy atom. The zero-order chi connectivity index (χ0) is 16.0. The number of hydrogen-bond donors (Lipinski definition) is 0. The summed E-state index contributed by atoms with van der Waals surface area (Å²) in [5, 5.41) is 0. The van der Waals surface area contributed by atoms with Gasteiger partial charge in [0.05, 0.1) is 13.2 Å². The molecule has 1 aliphatic carbocycles. The average Bonchev–Trinajstić information content (AvgIpc) is 2.45. The van der Waals surface area contributed by atoms with Crippen LogP contribution < -0.4 is 0 Å². The summed E-state index contributed by atoms with van der Waals surface area (Å²) in [6.07, 6.45) is 9.50. The van der Waals surface area contributed by atoms with Crippen molar-refractivity contribution in [2.75, 3.05) is 13.2 Å². The highest BCUT2D eigenvalue weighted by atomic mass is 16.7. The van der Waals surface area contributed by atoms with Crippen LogP contribution >= 0.6 is 0 Å². The van der Waals surface area contributed by atoms with Crippen LogP contribution in [0.5, 0.6) is 0 Å². The summed E-state index contributed by atoms with van der Waals surface area (Å²) in [5.74, 6) is -0.310. The molecule has 0 aromatic rings. The molecule has 1 aliphatic rings. The van der Waals surface area contributed by atoms with E-state index in [1.54, 1.807) is 0 Å². The van der Waals surface area contributed by atoms with Crippen molar-refractivity contribution in [1.29, 1.82) is 0 Å². The van der Waals surface area contributed by atoms with Crippen LogP contribution in [0.15, 0.2) is 0 Å².